The maximum absolute atomic E-state index is 6.43. The quantitative estimate of drug-likeness (QED) is 0.172. The Morgan fingerprint density at radius 2 is 1.07 bits per heavy atom. The molecule has 0 radical (unpaired) electrons. The standard InChI is InChI=1S/C49H30N2O2S/c1-3-11-32(12-4-1)37-15-7-9-17-43(37)51(36-24-26-40-39-16-8-10-18-47(39)54-48(40)28-36)35-22-19-31(20-23-35)34-21-25-38-41-29-42-46(30-45(41)52-44(38)27-34)53-49(50-42)33-13-5-2-6-14-33/h1-30H. The Morgan fingerprint density at radius 3 is 1.93 bits per heavy atom. The summed E-state index contributed by atoms with van der Waals surface area (Å²) < 4.78 is 15.1. The lowest BCUT2D eigenvalue weighted by atomic mass is 10.0. The summed E-state index contributed by atoms with van der Waals surface area (Å²) in [4.78, 5) is 7.17. The van der Waals surface area contributed by atoms with Gasteiger partial charge in [-0.25, -0.2) is 4.98 Å². The molecule has 0 saturated heterocycles. The molecule has 0 aliphatic heterocycles. The van der Waals surface area contributed by atoms with Gasteiger partial charge < -0.3 is 13.7 Å². The fourth-order valence-corrected chi connectivity index (χ4v) is 8.84. The van der Waals surface area contributed by atoms with Crippen LogP contribution in [0.2, 0.25) is 0 Å². The number of rotatable bonds is 6. The van der Waals surface area contributed by atoms with Gasteiger partial charge in [0.15, 0.2) is 5.58 Å². The van der Waals surface area contributed by atoms with Crippen molar-refractivity contribution >= 4 is 81.6 Å². The van der Waals surface area contributed by atoms with E-state index in [0.29, 0.717) is 11.5 Å². The summed E-state index contributed by atoms with van der Waals surface area (Å²) in [7, 11) is 0. The van der Waals surface area contributed by atoms with Crippen LogP contribution in [0.3, 0.4) is 0 Å². The molecule has 11 rings (SSSR count). The van der Waals surface area contributed by atoms with E-state index >= 15 is 0 Å². The van der Waals surface area contributed by atoms with E-state index in [2.05, 4.69) is 150 Å². The van der Waals surface area contributed by atoms with Gasteiger partial charge in [0, 0.05) is 59.5 Å². The topological polar surface area (TPSA) is 42.4 Å². The average Bonchev–Trinajstić information content (AvgIpc) is 3.93. The molecule has 0 N–H and O–H groups in total. The van der Waals surface area contributed by atoms with Crippen LogP contribution in [0.5, 0.6) is 0 Å². The molecule has 8 aromatic carbocycles. The molecule has 54 heavy (non-hydrogen) atoms. The second kappa shape index (κ2) is 12.3. The summed E-state index contributed by atoms with van der Waals surface area (Å²) in [5.74, 6) is 0.607. The van der Waals surface area contributed by atoms with Crippen molar-refractivity contribution in [2.45, 2.75) is 0 Å². The first-order valence-electron chi connectivity index (χ1n) is 18.0. The van der Waals surface area contributed by atoms with Gasteiger partial charge in [0.1, 0.15) is 16.7 Å². The predicted molar refractivity (Wildman–Crippen MR) is 225 cm³/mol. The van der Waals surface area contributed by atoms with Crippen molar-refractivity contribution in [3.8, 4) is 33.7 Å². The second-order valence-electron chi connectivity index (χ2n) is 13.6. The zero-order valence-corrected chi connectivity index (χ0v) is 29.8. The fourth-order valence-electron chi connectivity index (χ4n) is 7.70. The van der Waals surface area contributed by atoms with Gasteiger partial charge in [-0.1, -0.05) is 109 Å². The molecule has 3 heterocycles. The SMILES string of the molecule is c1ccc(-c2nc3cc4c(cc3o2)oc2cc(-c3ccc(N(c5ccc6c(c5)sc5ccccc56)c5ccccc5-c5ccccc5)cc3)ccc24)cc1. The average molecular weight is 711 g/mol. The van der Waals surface area contributed by atoms with Gasteiger partial charge in [-0.05, 0) is 83.4 Å². The zero-order valence-electron chi connectivity index (χ0n) is 28.9. The number of thiophene rings is 1. The van der Waals surface area contributed by atoms with E-state index in [-0.39, 0.29) is 0 Å². The predicted octanol–water partition coefficient (Wildman–Crippen LogP) is 14.6. The molecule has 0 amide bonds. The maximum atomic E-state index is 6.43. The van der Waals surface area contributed by atoms with Crippen LogP contribution in [0.4, 0.5) is 17.1 Å². The molecule has 0 unspecified atom stereocenters. The maximum Gasteiger partial charge on any atom is 0.227 e. The van der Waals surface area contributed by atoms with Gasteiger partial charge in [0.05, 0.1) is 5.69 Å². The smallest absolute Gasteiger partial charge is 0.227 e. The Kier molecular flexibility index (Phi) is 7.00. The van der Waals surface area contributed by atoms with Gasteiger partial charge >= 0.3 is 0 Å². The first-order valence-corrected chi connectivity index (χ1v) is 18.8. The van der Waals surface area contributed by atoms with E-state index in [1.54, 1.807) is 0 Å². The summed E-state index contributed by atoms with van der Waals surface area (Å²) in [6.07, 6.45) is 0. The number of aromatic nitrogens is 1. The Morgan fingerprint density at radius 1 is 0.407 bits per heavy atom. The van der Waals surface area contributed by atoms with Crippen molar-refractivity contribution in [2.75, 3.05) is 4.90 Å². The number of fused-ring (bicyclic) bond motifs is 7. The number of para-hydroxylation sites is 1. The zero-order chi connectivity index (χ0) is 35.6. The molecule has 0 aliphatic rings. The molecule has 254 valence electrons. The third-order valence-electron chi connectivity index (χ3n) is 10.3. The van der Waals surface area contributed by atoms with E-state index in [0.717, 1.165) is 61.2 Å². The normalized spacial score (nSPS) is 11.7. The number of nitrogens with zero attached hydrogens (tertiary/aromatic N) is 2. The number of anilines is 3. The minimum absolute atomic E-state index is 0.607. The molecule has 0 fully saturated rings. The van der Waals surface area contributed by atoms with Gasteiger partial charge in [-0.15, -0.1) is 11.3 Å². The summed E-state index contributed by atoms with van der Waals surface area (Å²) >= 11 is 1.84. The Labute approximate surface area is 314 Å². The van der Waals surface area contributed by atoms with Crippen molar-refractivity contribution in [1.82, 2.24) is 4.98 Å². The van der Waals surface area contributed by atoms with Crippen molar-refractivity contribution in [1.29, 1.82) is 0 Å². The molecule has 0 atom stereocenters. The highest BCUT2D eigenvalue weighted by molar-refractivity contribution is 7.25. The number of furan rings is 1. The van der Waals surface area contributed by atoms with E-state index in [1.165, 1.54) is 31.3 Å². The largest absolute Gasteiger partial charge is 0.456 e. The van der Waals surface area contributed by atoms with E-state index < -0.39 is 0 Å². The lowest BCUT2D eigenvalue weighted by Gasteiger charge is -2.28. The number of benzene rings is 8. The molecule has 0 bridgehead atoms. The van der Waals surface area contributed by atoms with Gasteiger partial charge in [0.25, 0.3) is 0 Å². The molecule has 3 aromatic heterocycles. The van der Waals surface area contributed by atoms with Crippen LogP contribution in [-0.2, 0) is 0 Å². The van der Waals surface area contributed by atoms with Crippen LogP contribution in [0, 0.1) is 0 Å². The third kappa shape index (κ3) is 5.09. The van der Waals surface area contributed by atoms with Crippen LogP contribution in [0.1, 0.15) is 0 Å². The number of oxazole rings is 1. The van der Waals surface area contributed by atoms with E-state index in [9.17, 15) is 0 Å². The molecule has 5 heteroatoms. The highest BCUT2D eigenvalue weighted by Crippen LogP contribution is 2.44. The van der Waals surface area contributed by atoms with Crippen LogP contribution in [0.15, 0.2) is 191 Å². The number of hydrogen-bond donors (Lipinski definition) is 0. The first kappa shape index (κ1) is 30.7. The van der Waals surface area contributed by atoms with Crippen LogP contribution >= 0.6 is 11.3 Å². The summed E-state index contributed by atoms with van der Waals surface area (Å²) in [6, 6.07) is 64.1. The second-order valence-corrected chi connectivity index (χ2v) is 14.6. The molecular formula is C49H30N2O2S. The van der Waals surface area contributed by atoms with Crippen LogP contribution in [0.25, 0.3) is 86.9 Å². The third-order valence-corrected chi connectivity index (χ3v) is 11.4. The minimum Gasteiger partial charge on any atom is -0.456 e. The minimum atomic E-state index is 0.607. The van der Waals surface area contributed by atoms with Crippen molar-refractivity contribution in [2.24, 2.45) is 0 Å². The lowest BCUT2D eigenvalue weighted by molar-refractivity contribution is 0.617. The van der Waals surface area contributed by atoms with Crippen LogP contribution < -0.4 is 4.90 Å². The highest BCUT2D eigenvalue weighted by atomic mass is 32.1. The summed E-state index contributed by atoms with van der Waals surface area (Å²) in [5.41, 5.74) is 12.0. The summed E-state index contributed by atoms with van der Waals surface area (Å²) in [6.45, 7) is 0. The van der Waals surface area contributed by atoms with Gasteiger partial charge in [-0.2, -0.15) is 0 Å². The van der Waals surface area contributed by atoms with Gasteiger partial charge in [-0.3, -0.25) is 0 Å². The van der Waals surface area contributed by atoms with Crippen molar-refractivity contribution in [3.63, 3.8) is 0 Å². The molecule has 0 aliphatic carbocycles. The van der Waals surface area contributed by atoms with Crippen LogP contribution in [-0.4, -0.2) is 4.98 Å². The van der Waals surface area contributed by atoms with Crippen molar-refractivity contribution in [3.05, 3.63) is 182 Å². The molecular weight excluding hydrogens is 681 g/mol. The van der Waals surface area contributed by atoms with Gasteiger partial charge in [0.2, 0.25) is 5.89 Å². The molecule has 0 spiro atoms. The fraction of sp³-hybridized carbons (Fsp3) is 0. The van der Waals surface area contributed by atoms with Crippen molar-refractivity contribution < 1.29 is 8.83 Å². The monoisotopic (exact) mass is 710 g/mol. The Hall–Kier alpha value is -6.95. The van der Waals surface area contributed by atoms with E-state index in [1.807, 2.05) is 47.7 Å². The Bertz CT molecular complexity index is 3160. The first-order chi connectivity index (χ1) is 26.7. The Balaban J connectivity index is 0.990. The molecule has 0 saturated carbocycles. The highest BCUT2D eigenvalue weighted by Gasteiger charge is 2.19. The molecule has 4 nitrogen and oxygen atoms in total. The summed E-state index contributed by atoms with van der Waals surface area (Å²) in [5, 5.41) is 4.66. The molecule has 11 aromatic rings. The van der Waals surface area contributed by atoms with E-state index in [4.69, 9.17) is 13.8 Å². The lowest BCUT2D eigenvalue weighted by Crippen LogP contribution is -2.11. The number of hydrogen-bond acceptors (Lipinski definition) is 5.